The lowest BCUT2D eigenvalue weighted by atomic mass is 10.1. The Kier molecular flexibility index (Phi) is 4.84. The van der Waals surface area contributed by atoms with Gasteiger partial charge in [-0.2, -0.15) is 0 Å². The third-order valence-corrected chi connectivity index (χ3v) is 5.80. The topological polar surface area (TPSA) is 39.9 Å². The fraction of sp³-hybridized carbons (Fsp3) is 0.429. The van der Waals surface area contributed by atoms with Crippen LogP contribution in [0.4, 0.5) is 0 Å². The largest absolute Gasteiger partial charge is 0.384 e. The molecule has 0 amide bonds. The van der Waals surface area contributed by atoms with Crippen LogP contribution < -0.4 is 0 Å². The summed E-state index contributed by atoms with van der Waals surface area (Å²) in [7, 11) is 1.73. The Bertz CT molecular complexity index is 964. The molecular weight excluding hydrogens is 390 g/mol. The summed E-state index contributed by atoms with van der Waals surface area (Å²) in [6.45, 7) is 5.00. The van der Waals surface area contributed by atoms with Gasteiger partial charge in [-0.25, -0.2) is 9.97 Å². The summed E-state index contributed by atoms with van der Waals surface area (Å²) in [5.41, 5.74) is 7.17. The molecule has 1 aliphatic carbocycles. The predicted molar refractivity (Wildman–Crippen MR) is 108 cm³/mol. The molecule has 1 aromatic carbocycles. The molecule has 1 atom stereocenters. The maximum Gasteiger partial charge on any atom is 0.161 e. The normalized spacial score (nSPS) is 16.4. The van der Waals surface area contributed by atoms with Crippen LogP contribution in [0.5, 0.6) is 0 Å². The predicted octanol–water partition coefficient (Wildman–Crippen LogP) is 4.79. The Hall–Kier alpha value is -1.72. The number of nitrogens with zero attached hydrogens (tertiary/aromatic N) is 3. The van der Waals surface area contributed by atoms with Gasteiger partial charge in [0, 0.05) is 30.1 Å². The molecule has 1 unspecified atom stereocenters. The molecule has 0 saturated carbocycles. The maximum absolute atomic E-state index is 5.24. The van der Waals surface area contributed by atoms with Crippen molar-refractivity contribution in [2.24, 2.45) is 0 Å². The minimum absolute atomic E-state index is 0.322. The van der Waals surface area contributed by atoms with E-state index in [9.17, 15) is 0 Å². The minimum atomic E-state index is 0.322. The monoisotopic (exact) mass is 413 g/mol. The van der Waals surface area contributed by atoms with Crippen molar-refractivity contribution in [3.63, 3.8) is 0 Å². The highest BCUT2D eigenvalue weighted by Gasteiger charge is 2.28. The molecule has 0 saturated heterocycles. The van der Waals surface area contributed by atoms with E-state index in [1.165, 1.54) is 16.7 Å². The van der Waals surface area contributed by atoms with Crippen molar-refractivity contribution in [1.82, 2.24) is 14.5 Å². The smallest absolute Gasteiger partial charge is 0.161 e. The van der Waals surface area contributed by atoms with Crippen LogP contribution >= 0.6 is 15.9 Å². The van der Waals surface area contributed by atoms with Crippen molar-refractivity contribution in [2.45, 2.75) is 45.6 Å². The van der Waals surface area contributed by atoms with E-state index in [-0.39, 0.29) is 0 Å². The highest BCUT2D eigenvalue weighted by molar-refractivity contribution is 9.10. The molecule has 0 fully saturated rings. The Morgan fingerprint density at radius 2 is 2.12 bits per heavy atom. The quantitative estimate of drug-likeness (QED) is 0.603. The average molecular weight is 414 g/mol. The van der Waals surface area contributed by atoms with Gasteiger partial charge >= 0.3 is 0 Å². The summed E-state index contributed by atoms with van der Waals surface area (Å²) in [5.74, 6) is 1.13. The average Bonchev–Trinajstić information content (AvgIpc) is 3.20. The molecule has 3 aromatic rings. The van der Waals surface area contributed by atoms with Crippen molar-refractivity contribution in [2.75, 3.05) is 13.7 Å². The van der Waals surface area contributed by atoms with Gasteiger partial charge in [-0.15, -0.1) is 0 Å². The summed E-state index contributed by atoms with van der Waals surface area (Å²) < 4.78 is 8.78. The van der Waals surface area contributed by atoms with Gasteiger partial charge in [0.25, 0.3) is 0 Å². The fourth-order valence-electron chi connectivity index (χ4n) is 4.07. The van der Waals surface area contributed by atoms with E-state index < -0.39 is 0 Å². The van der Waals surface area contributed by atoms with E-state index in [4.69, 9.17) is 14.7 Å². The van der Waals surface area contributed by atoms with Crippen LogP contribution in [-0.4, -0.2) is 28.3 Å². The number of benzene rings is 1. The number of halogens is 1. The zero-order valence-electron chi connectivity index (χ0n) is 15.6. The first kappa shape index (κ1) is 17.7. The highest BCUT2D eigenvalue weighted by Crippen LogP contribution is 2.38. The number of methoxy groups -OCH3 is 1. The van der Waals surface area contributed by atoms with E-state index >= 15 is 0 Å². The first-order chi connectivity index (χ1) is 12.6. The molecule has 4 nitrogen and oxygen atoms in total. The van der Waals surface area contributed by atoms with Crippen LogP contribution in [-0.2, 0) is 24.0 Å². The molecule has 0 radical (unpaired) electrons. The fourth-order valence-corrected chi connectivity index (χ4v) is 4.48. The van der Waals surface area contributed by atoms with Crippen LogP contribution in [0.15, 0.2) is 28.7 Å². The van der Waals surface area contributed by atoms with Crippen LogP contribution in [0.2, 0.25) is 0 Å². The lowest BCUT2D eigenvalue weighted by Crippen LogP contribution is -2.12. The van der Waals surface area contributed by atoms with Crippen molar-refractivity contribution < 1.29 is 4.74 Å². The number of aromatic nitrogens is 3. The van der Waals surface area contributed by atoms with Crippen molar-refractivity contribution in [3.05, 3.63) is 56.9 Å². The number of rotatable bonds is 5. The molecule has 5 heteroatoms. The minimum Gasteiger partial charge on any atom is -0.384 e. The van der Waals surface area contributed by atoms with Gasteiger partial charge in [0.2, 0.25) is 0 Å². The Balaban J connectivity index is 1.88. The van der Waals surface area contributed by atoms with Crippen LogP contribution in [0.1, 0.15) is 47.6 Å². The number of aryl methyl sites for hydroxylation is 3. The maximum atomic E-state index is 5.24. The zero-order valence-corrected chi connectivity index (χ0v) is 17.1. The van der Waals surface area contributed by atoms with Gasteiger partial charge in [-0.1, -0.05) is 28.9 Å². The molecule has 0 spiro atoms. The summed E-state index contributed by atoms with van der Waals surface area (Å²) in [5, 5.41) is 0. The lowest BCUT2D eigenvalue weighted by molar-refractivity contribution is 0.201. The zero-order chi connectivity index (χ0) is 18.3. The summed E-state index contributed by atoms with van der Waals surface area (Å²) in [4.78, 5) is 9.94. The van der Waals surface area contributed by atoms with Crippen LogP contribution in [0, 0.1) is 6.92 Å². The summed E-state index contributed by atoms with van der Waals surface area (Å²) >= 11 is 3.60. The molecule has 2 aromatic heterocycles. The SMILES string of the molecule is CCc1nc2c(C)cc(CCOC)nc2n1C1CCc2cc(Br)ccc21. The van der Waals surface area contributed by atoms with E-state index in [0.717, 1.165) is 52.8 Å². The van der Waals surface area contributed by atoms with Crippen molar-refractivity contribution in [3.8, 4) is 0 Å². The third kappa shape index (κ3) is 2.97. The van der Waals surface area contributed by atoms with Crippen molar-refractivity contribution in [1.29, 1.82) is 0 Å². The van der Waals surface area contributed by atoms with Crippen LogP contribution in [0.25, 0.3) is 11.2 Å². The van der Waals surface area contributed by atoms with Crippen molar-refractivity contribution >= 4 is 27.1 Å². The highest BCUT2D eigenvalue weighted by atomic mass is 79.9. The van der Waals surface area contributed by atoms with Gasteiger partial charge in [0.05, 0.1) is 12.6 Å². The Morgan fingerprint density at radius 3 is 2.88 bits per heavy atom. The Morgan fingerprint density at radius 1 is 1.27 bits per heavy atom. The van der Waals surface area contributed by atoms with Crippen LogP contribution in [0.3, 0.4) is 0 Å². The van der Waals surface area contributed by atoms with Gasteiger partial charge < -0.3 is 9.30 Å². The number of hydrogen-bond acceptors (Lipinski definition) is 3. The van der Waals surface area contributed by atoms with E-state index in [1.807, 2.05) is 0 Å². The number of pyridine rings is 1. The molecule has 2 heterocycles. The first-order valence-electron chi connectivity index (χ1n) is 9.27. The standard InChI is InChI=1S/C21H24BrN3O/c1-4-19-24-20-13(2)11-16(9-10-26-3)23-21(20)25(19)18-8-5-14-12-15(22)6-7-17(14)18/h6-7,11-12,18H,4-5,8-10H2,1-3H3. The molecule has 0 bridgehead atoms. The van der Waals surface area contributed by atoms with Gasteiger partial charge in [-0.3, -0.25) is 0 Å². The molecule has 26 heavy (non-hydrogen) atoms. The van der Waals surface area contributed by atoms with E-state index in [0.29, 0.717) is 12.6 Å². The molecule has 0 aliphatic heterocycles. The summed E-state index contributed by atoms with van der Waals surface area (Å²) in [6, 6.07) is 9.12. The third-order valence-electron chi connectivity index (χ3n) is 5.31. The second-order valence-electron chi connectivity index (χ2n) is 6.99. The molecule has 0 N–H and O–H groups in total. The second-order valence-corrected chi connectivity index (χ2v) is 7.91. The number of fused-ring (bicyclic) bond motifs is 2. The molecular formula is C21H24BrN3O. The first-order valence-corrected chi connectivity index (χ1v) is 10.1. The number of imidazole rings is 1. The van der Waals surface area contributed by atoms with Gasteiger partial charge in [0.15, 0.2) is 5.65 Å². The molecule has 4 rings (SSSR count). The molecule has 136 valence electrons. The van der Waals surface area contributed by atoms with Gasteiger partial charge in [0.1, 0.15) is 11.3 Å². The molecule has 1 aliphatic rings. The van der Waals surface area contributed by atoms with Gasteiger partial charge in [-0.05, 0) is 54.7 Å². The lowest BCUT2D eigenvalue weighted by Gasteiger charge is -2.17. The Labute approximate surface area is 162 Å². The number of hydrogen-bond donors (Lipinski definition) is 0. The summed E-state index contributed by atoms with van der Waals surface area (Å²) in [6.07, 6.45) is 3.94. The van der Waals surface area contributed by atoms with E-state index in [1.54, 1.807) is 7.11 Å². The second kappa shape index (κ2) is 7.12. The van der Waals surface area contributed by atoms with E-state index in [2.05, 4.69) is 58.6 Å². The number of ether oxygens (including phenoxy) is 1.